The number of nitrogens with zero attached hydrogens (tertiary/aromatic N) is 1. The van der Waals surface area contributed by atoms with Crippen LogP contribution in [0.1, 0.15) is 52.0 Å². The molecule has 0 aliphatic carbocycles. The van der Waals surface area contributed by atoms with Gasteiger partial charge in [0, 0.05) is 23.5 Å². The van der Waals surface area contributed by atoms with Crippen molar-refractivity contribution in [3.63, 3.8) is 0 Å². The summed E-state index contributed by atoms with van der Waals surface area (Å²) in [5, 5.41) is 5.44. The summed E-state index contributed by atoms with van der Waals surface area (Å²) in [5.74, 6) is -1.14. The minimum absolute atomic E-state index is 0.00847. The summed E-state index contributed by atoms with van der Waals surface area (Å²) in [4.78, 5) is 40.0. The SMILES string of the molecule is CCOC(=O)c1ccc(NC(=O)c2cc(C(=O)NC(C)C)ccn2)cc1. The van der Waals surface area contributed by atoms with Crippen molar-refractivity contribution in [2.45, 2.75) is 26.8 Å². The fraction of sp³-hybridized carbons (Fsp3) is 0.263. The zero-order valence-corrected chi connectivity index (χ0v) is 14.9. The highest BCUT2D eigenvalue weighted by molar-refractivity contribution is 6.05. The van der Waals surface area contributed by atoms with Gasteiger partial charge in [-0.2, -0.15) is 0 Å². The highest BCUT2D eigenvalue weighted by Gasteiger charge is 2.13. The number of anilines is 1. The molecule has 1 aromatic heterocycles. The van der Waals surface area contributed by atoms with Crippen molar-refractivity contribution in [1.29, 1.82) is 0 Å². The van der Waals surface area contributed by atoms with Crippen molar-refractivity contribution in [3.8, 4) is 0 Å². The van der Waals surface area contributed by atoms with Crippen molar-refractivity contribution in [2.75, 3.05) is 11.9 Å². The molecule has 1 heterocycles. The van der Waals surface area contributed by atoms with Gasteiger partial charge in [0.2, 0.25) is 0 Å². The zero-order chi connectivity index (χ0) is 19.1. The number of esters is 1. The largest absolute Gasteiger partial charge is 0.462 e. The van der Waals surface area contributed by atoms with Crippen LogP contribution in [-0.2, 0) is 4.74 Å². The molecule has 1 aromatic carbocycles. The number of carbonyl (C=O) groups is 3. The Hall–Kier alpha value is -3.22. The van der Waals surface area contributed by atoms with Crippen LogP contribution in [0.5, 0.6) is 0 Å². The molecule has 0 unspecified atom stereocenters. The fourth-order valence-corrected chi connectivity index (χ4v) is 2.14. The second-order valence-electron chi connectivity index (χ2n) is 5.81. The number of hydrogen-bond acceptors (Lipinski definition) is 5. The Bertz CT molecular complexity index is 801. The van der Waals surface area contributed by atoms with Crippen molar-refractivity contribution in [3.05, 3.63) is 59.4 Å². The normalized spacial score (nSPS) is 10.3. The van der Waals surface area contributed by atoms with Crippen molar-refractivity contribution in [2.24, 2.45) is 0 Å². The van der Waals surface area contributed by atoms with Gasteiger partial charge in [-0.05, 0) is 57.2 Å². The number of aromatic nitrogens is 1. The summed E-state index contributed by atoms with van der Waals surface area (Å²) in [6.45, 7) is 5.73. The van der Waals surface area contributed by atoms with E-state index in [1.807, 2.05) is 13.8 Å². The average molecular weight is 355 g/mol. The van der Waals surface area contributed by atoms with Crippen LogP contribution in [0.15, 0.2) is 42.6 Å². The van der Waals surface area contributed by atoms with Crippen LogP contribution in [0.4, 0.5) is 5.69 Å². The van der Waals surface area contributed by atoms with Gasteiger partial charge >= 0.3 is 5.97 Å². The van der Waals surface area contributed by atoms with Crippen LogP contribution >= 0.6 is 0 Å². The summed E-state index contributed by atoms with van der Waals surface area (Å²) in [5.41, 5.74) is 1.38. The molecule has 7 nitrogen and oxygen atoms in total. The first kappa shape index (κ1) is 19.1. The molecule has 0 aliphatic heterocycles. The van der Waals surface area contributed by atoms with E-state index in [0.717, 1.165) is 0 Å². The molecule has 0 fully saturated rings. The van der Waals surface area contributed by atoms with Gasteiger partial charge in [-0.25, -0.2) is 4.79 Å². The second-order valence-corrected chi connectivity index (χ2v) is 5.81. The lowest BCUT2D eigenvalue weighted by atomic mass is 10.2. The molecule has 0 bridgehead atoms. The maximum Gasteiger partial charge on any atom is 0.338 e. The average Bonchev–Trinajstić information content (AvgIpc) is 2.62. The predicted molar refractivity (Wildman–Crippen MR) is 97.2 cm³/mol. The Morgan fingerprint density at radius 2 is 1.73 bits per heavy atom. The lowest BCUT2D eigenvalue weighted by molar-refractivity contribution is 0.0526. The molecule has 2 amide bonds. The monoisotopic (exact) mass is 355 g/mol. The van der Waals surface area contributed by atoms with Crippen LogP contribution in [0, 0.1) is 0 Å². The van der Waals surface area contributed by atoms with E-state index in [1.54, 1.807) is 37.3 Å². The number of rotatable bonds is 6. The van der Waals surface area contributed by atoms with E-state index >= 15 is 0 Å². The van der Waals surface area contributed by atoms with Gasteiger partial charge in [-0.3, -0.25) is 14.6 Å². The lowest BCUT2D eigenvalue weighted by Crippen LogP contribution is -2.30. The number of ether oxygens (including phenoxy) is 1. The quantitative estimate of drug-likeness (QED) is 0.777. The van der Waals surface area contributed by atoms with Crippen LogP contribution in [0.25, 0.3) is 0 Å². The molecular weight excluding hydrogens is 334 g/mol. The molecule has 2 aromatic rings. The molecule has 26 heavy (non-hydrogen) atoms. The second kappa shape index (κ2) is 8.75. The minimum atomic E-state index is -0.451. The topological polar surface area (TPSA) is 97.4 Å². The Morgan fingerprint density at radius 3 is 2.35 bits per heavy atom. The molecule has 0 aliphatic rings. The van der Waals surface area contributed by atoms with Crippen LogP contribution in [0.3, 0.4) is 0 Å². The molecule has 7 heteroatoms. The number of amides is 2. The maximum atomic E-state index is 12.3. The van der Waals surface area contributed by atoms with Gasteiger partial charge in [0.25, 0.3) is 11.8 Å². The van der Waals surface area contributed by atoms with Gasteiger partial charge in [0.1, 0.15) is 5.69 Å². The van der Waals surface area contributed by atoms with E-state index in [0.29, 0.717) is 23.4 Å². The zero-order valence-electron chi connectivity index (χ0n) is 14.9. The molecule has 0 radical (unpaired) electrons. The summed E-state index contributed by atoms with van der Waals surface area (Å²) in [7, 11) is 0. The van der Waals surface area contributed by atoms with E-state index in [4.69, 9.17) is 4.74 Å². The maximum absolute atomic E-state index is 12.3. The first-order valence-corrected chi connectivity index (χ1v) is 8.26. The highest BCUT2D eigenvalue weighted by atomic mass is 16.5. The van der Waals surface area contributed by atoms with Crippen molar-refractivity contribution in [1.82, 2.24) is 10.3 Å². The van der Waals surface area contributed by atoms with Gasteiger partial charge < -0.3 is 15.4 Å². The Labute approximate surface area is 151 Å². The summed E-state index contributed by atoms with van der Waals surface area (Å²) < 4.78 is 4.91. The Balaban J connectivity index is 2.08. The predicted octanol–water partition coefficient (Wildman–Crippen LogP) is 2.65. The van der Waals surface area contributed by atoms with Gasteiger partial charge in [-0.1, -0.05) is 0 Å². The summed E-state index contributed by atoms with van der Waals surface area (Å²) in [6.07, 6.45) is 1.41. The molecule has 2 rings (SSSR count). The van der Waals surface area contributed by atoms with Gasteiger partial charge in [0.05, 0.1) is 12.2 Å². The Kier molecular flexibility index (Phi) is 6.43. The highest BCUT2D eigenvalue weighted by Crippen LogP contribution is 2.12. The number of pyridine rings is 1. The molecule has 2 N–H and O–H groups in total. The minimum Gasteiger partial charge on any atom is -0.462 e. The molecule has 0 saturated carbocycles. The number of hydrogen-bond donors (Lipinski definition) is 2. The molecule has 0 saturated heterocycles. The third kappa shape index (κ3) is 5.14. The van der Waals surface area contributed by atoms with E-state index in [2.05, 4.69) is 15.6 Å². The third-order valence-electron chi connectivity index (χ3n) is 3.33. The summed E-state index contributed by atoms with van der Waals surface area (Å²) >= 11 is 0. The standard InChI is InChI=1S/C19H21N3O4/c1-4-26-19(25)13-5-7-15(8-6-13)22-18(24)16-11-14(9-10-20-16)17(23)21-12(2)3/h5-12H,4H2,1-3H3,(H,21,23)(H,22,24). The number of benzene rings is 1. The van der Waals surface area contributed by atoms with Gasteiger partial charge in [-0.15, -0.1) is 0 Å². The summed E-state index contributed by atoms with van der Waals surface area (Å²) in [6, 6.07) is 9.29. The van der Waals surface area contributed by atoms with Crippen molar-refractivity contribution >= 4 is 23.5 Å². The smallest absolute Gasteiger partial charge is 0.338 e. The first-order chi connectivity index (χ1) is 12.4. The number of carbonyl (C=O) groups excluding carboxylic acids is 3. The lowest BCUT2D eigenvalue weighted by Gasteiger charge is -2.09. The molecule has 136 valence electrons. The van der Waals surface area contributed by atoms with Gasteiger partial charge in [0.15, 0.2) is 0 Å². The molecule has 0 atom stereocenters. The molecular formula is C19H21N3O4. The van der Waals surface area contributed by atoms with Crippen LogP contribution in [-0.4, -0.2) is 35.4 Å². The Morgan fingerprint density at radius 1 is 1.04 bits per heavy atom. The van der Waals surface area contributed by atoms with Crippen LogP contribution < -0.4 is 10.6 Å². The van der Waals surface area contributed by atoms with Crippen LogP contribution in [0.2, 0.25) is 0 Å². The first-order valence-electron chi connectivity index (χ1n) is 8.26. The van der Waals surface area contributed by atoms with Crippen molar-refractivity contribution < 1.29 is 19.1 Å². The van der Waals surface area contributed by atoms with E-state index in [1.165, 1.54) is 12.3 Å². The van der Waals surface area contributed by atoms with E-state index in [-0.39, 0.29) is 17.6 Å². The fourth-order valence-electron chi connectivity index (χ4n) is 2.14. The van der Waals surface area contributed by atoms with E-state index < -0.39 is 11.9 Å². The molecule has 0 spiro atoms. The van der Waals surface area contributed by atoms with E-state index in [9.17, 15) is 14.4 Å². The number of nitrogens with one attached hydrogen (secondary N) is 2. The third-order valence-corrected chi connectivity index (χ3v) is 3.33.